The second-order valence-corrected chi connectivity index (χ2v) is 4.89. The third-order valence-corrected chi connectivity index (χ3v) is 2.56. The molecule has 0 heterocycles. The van der Waals surface area contributed by atoms with Crippen LogP contribution in [-0.2, 0) is 9.53 Å². The maximum Gasteiger partial charge on any atom is 0.326 e. The molecule has 0 saturated heterocycles. The summed E-state index contributed by atoms with van der Waals surface area (Å²) in [7, 11) is 0. The van der Waals surface area contributed by atoms with E-state index in [4.69, 9.17) is 10.3 Å². The van der Waals surface area contributed by atoms with Crippen LogP contribution < -0.4 is 5.32 Å². The summed E-state index contributed by atoms with van der Waals surface area (Å²) in [5.41, 5.74) is 7.50. The molecule has 104 valence electrons. The zero-order valence-corrected chi connectivity index (χ0v) is 11.8. The molecule has 0 amide bonds. The number of hydrogen-bond donors (Lipinski definition) is 1. The third kappa shape index (κ3) is 6.47. The van der Waals surface area contributed by atoms with E-state index >= 15 is 0 Å². The van der Waals surface area contributed by atoms with E-state index in [0.717, 1.165) is 0 Å². The molecule has 6 heteroatoms. The Balaban J connectivity index is 4.37. The Morgan fingerprint density at radius 2 is 2.22 bits per heavy atom. The molecule has 0 fully saturated rings. The van der Waals surface area contributed by atoms with E-state index in [1.165, 1.54) is 0 Å². The minimum Gasteiger partial charge on any atom is -0.465 e. The van der Waals surface area contributed by atoms with Crippen molar-refractivity contribution in [2.75, 3.05) is 19.7 Å². The minimum atomic E-state index is -0.666. The molecule has 0 radical (unpaired) electrons. The van der Waals surface area contributed by atoms with Gasteiger partial charge in [-0.2, -0.15) is 0 Å². The van der Waals surface area contributed by atoms with Crippen molar-refractivity contribution in [3.63, 3.8) is 0 Å². The molecule has 0 aliphatic carbocycles. The lowest BCUT2D eigenvalue weighted by molar-refractivity contribution is -0.151. The number of azide groups is 1. The molecule has 6 nitrogen and oxygen atoms in total. The molecule has 0 aromatic rings. The van der Waals surface area contributed by atoms with Crippen LogP contribution in [0.3, 0.4) is 0 Å². The second-order valence-electron chi connectivity index (χ2n) is 4.89. The van der Waals surface area contributed by atoms with Gasteiger partial charge < -0.3 is 10.1 Å². The first-order chi connectivity index (χ1) is 8.46. The molecule has 0 rings (SSSR count). The van der Waals surface area contributed by atoms with Crippen molar-refractivity contribution in [3.05, 3.63) is 10.4 Å². The molecular weight excluding hydrogens is 232 g/mol. The van der Waals surface area contributed by atoms with Crippen LogP contribution in [0.1, 0.15) is 40.5 Å². The fourth-order valence-electron chi connectivity index (χ4n) is 1.89. The Labute approximate surface area is 109 Å². The van der Waals surface area contributed by atoms with Crippen molar-refractivity contribution in [2.45, 2.75) is 46.1 Å². The maximum absolute atomic E-state index is 12.0. The van der Waals surface area contributed by atoms with Crippen molar-refractivity contribution in [1.29, 1.82) is 0 Å². The van der Waals surface area contributed by atoms with E-state index < -0.39 is 5.54 Å². The molecule has 0 aromatic heterocycles. The van der Waals surface area contributed by atoms with Crippen LogP contribution in [0.15, 0.2) is 5.11 Å². The van der Waals surface area contributed by atoms with Crippen LogP contribution >= 0.6 is 0 Å². The van der Waals surface area contributed by atoms with E-state index in [-0.39, 0.29) is 5.97 Å². The smallest absolute Gasteiger partial charge is 0.326 e. The first-order valence-electron chi connectivity index (χ1n) is 6.39. The highest BCUT2D eigenvalue weighted by Crippen LogP contribution is 2.18. The van der Waals surface area contributed by atoms with Gasteiger partial charge in [-0.1, -0.05) is 19.0 Å². The van der Waals surface area contributed by atoms with Crippen molar-refractivity contribution in [1.82, 2.24) is 5.32 Å². The second kappa shape index (κ2) is 8.78. The number of carbonyl (C=O) groups excluding carboxylic acids is 1. The van der Waals surface area contributed by atoms with Gasteiger partial charge in [0.1, 0.15) is 5.54 Å². The van der Waals surface area contributed by atoms with E-state index in [1.54, 1.807) is 6.92 Å². The maximum atomic E-state index is 12.0. The van der Waals surface area contributed by atoms with Crippen LogP contribution in [-0.4, -0.2) is 31.2 Å². The van der Waals surface area contributed by atoms with E-state index in [0.29, 0.717) is 38.5 Å². The standard InChI is InChI=1S/C12H24N4O2/c1-5-18-11(17)12(4,9-10(2)3)14-7-6-8-15-16-13/h10,14H,5-9H2,1-4H3. The summed E-state index contributed by atoms with van der Waals surface area (Å²) in [6.07, 6.45) is 1.42. The fraction of sp³-hybridized carbons (Fsp3) is 0.917. The van der Waals surface area contributed by atoms with Crippen LogP contribution in [0, 0.1) is 5.92 Å². The SMILES string of the molecule is CCOC(=O)C(C)(CC(C)C)NCCCN=[N+]=[N-]. The third-order valence-electron chi connectivity index (χ3n) is 2.56. The average Bonchev–Trinajstić information content (AvgIpc) is 2.28. The highest BCUT2D eigenvalue weighted by atomic mass is 16.5. The summed E-state index contributed by atoms with van der Waals surface area (Å²) in [6.45, 7) is 9.24. The summed E-state index contributed by atoms with van der Waals surface area (Å²) in [6, 6.07) is 0. The monoisotopic (exact) mass is 256 g/mol. The zero-order chi connectivity index (χ0) is 14.0. The van der Waals surface area contributed by atoms with Gasteiger partial charge in [0.05, 0.1) is 6.61 Å². The van der Waals surface area contributed by atoms with Crippen LogP contribution in [0.4, 0.5) is 0 Å². The van der Waals surface area contributed by atoms with Gasteiger partial charge in [-0.25, -0.2) is 0 Å². The Kier molecular flexibility index (Phi) is 8.16. The predicted molar refractivity (Wildman–Crippen MR) is 71.1 cm³/mol. The first kappa shape index (κ1) is 16.7. The topological polar surface area (TPSA) is 87.1 Å². The van der Waals surface area contributed by atoms with Gasteiger partial charge in [0.2, 0.25) is 0 Å². The van der Waals surface area contributed by atoms with Crippen molar-refractivity contribution in [2.24, 2.45) is 11.0 Å². The minimum absolute atomic E-state index is 0.220. The number of hydrogen-bond acceptors (Lipinski definition) is 4. The molecule has 0 saturated carbocycles. The molecule has 1 atom stereocenters. The predicted octanol–water partition coefficient (Wildman–Crippen LogP) is 2.64. The summed E-state index contributed by atoms with van der Waals surface area (Å²) in [5, 5.41) is 6.67. The lowest BCUT2D eigenvalue weighted by Crippen LogP contribution is -2.51. The van der Waals surface area contributed by atoms with Gasteiger partial charge in [-0.3, -0.25) is 4.79 Å². The Bertz CT molecular complexity index is 300. The van der Waals surface area contributed by atoms with Crippen molar-refractivity contribution in [3.8, 4) is 0 Å². The highest BCUT2D eigenvalue weighted by molar-refractivity contribution is 5.80. The highest BCUT2D eigenvalue weighted by Gasteiger charge is 2.34. The summed E-state index contributed by atoms with van der Waals surface area (Å²) in [4.78, 5) is 14.6. The molecular formula is C12H24N4O2. The number of carbonyl (C=O) groups is 1. The molecule has 1 unspecified atom stereocenters. The van der Waals surface area contributed by atoms with Gasteiger partial charge in [0.25, 0.3) is 0 Å². The molecule has 18 heavy (non-hydrogen) atoms. The van der Waals surface area contributed by atoms with Gasteiger partial charge in [0.15, 0.2) is 0 Å². The molecule has 1 N–H and O–H groups in total. The van der Waals surface area contributed by atoms with Crippen LogP contribution in [0.2, 0.25) is 0 Å². The van der Waals surface area contributed by atoms with E-state index in [1.807, 2.05) is 6.92 Å². The fourth-order valence-corrected chi connectivity index (χ4v) is 1.89. The number of esters is 1. The van der Waals surface area contributed by atoms with Gasteiger partial charge in [-0.05, 0) is 44.7 Å². The van der Waals surface area contributed by atoms with E-state index in [2.05, 4.69) is 29.2 Å². The number of rotatable bonds is 9. The largest absolute Gasteiger partial charge is 0.465 e. The Morgan fingerprint density at radius 3 is 2.72 bits per heavy atom. The van der Waals surface area contributed by atoms with Crippen LogP contribution in [0.25, 0.3) is 10.4 Å². The van der Waals surface area contributed by atoms with Crippen LogP contribution in [0.5, 0.6) is 0 Å². The Morgan fingerprint density at radius 1 is 1.56 bits per heavy atom. The quantitative estimate of drug-likeness (QED) is 0.226. The average molecular weight is 256 g/mol. The van der Waals surface area contributed by atoms with Gasteiger partial charge >= 0.3 is 5.97 Å². The van der Waals surface area contributed by atoms with Gasteiger partial charge in [0, 0.05) is 11.5 Å². The molecule has 0 bridgehead atoms. The molecule has 0 aromatic carbocycles. The molecule has 0 aliphatic rings. The Hall–Kier alpha value is -1.26. The van der Waals surface area contributed by atoms with Gasteiger partial charge in [-0.15, -0.1) is 0 Å². The number of nitrogens with zero attached hydrogens (tertiary/aromatic N) is 3. The van der Waals surface area contributed by atoms with Crippen molar-refractivity contribution >= 4 is 5.97 Å². The summed E-state index contributed by atoms with van der Waals surface area (Å²) >= 11 is 0. The lowest BCUT2D eigenvalue weighted by atomic mass is 9.90. The zero-order valence-electron chi connectivity index (χ0n) is 11.8. The normalized spacial score (nSPS) is 13.8. The first-order valence-corrected chi connectivity index (χ1v) is 6.39. The summed E-state index contributed by atoms with van der Waals surface area (Å²) < 4.78 is 5.10. The molecule has 0 aliphatic heterocycles. The molecule has 0 spiro atoms. The lowest BCUT2D eigenvalue weighted by Gasteiger charge is -2.30. The number of ether oxygens (including phenoxy) is 1. The number of nitrogens with one attached hydrogen (secondary N) is 1. The van der Waals surface area contributed by atoms with E-state index in [9.17, 15) is 4.79 Å². The summed E-state index contributed by atoms with van der Waals surface area (Å²) in [5.74, 6) is 0.173. The van der Waals surface area contributed by atoms with Crippen molar-refractivity contribution < 1.29 is 9.53 Å².